The fourth-order valence-electron chi connectivity index (χ4n) is 4.11. The van der Waals surface area contributed by atoms with Crippen molar-refractivity contribution in [3.63, 3.8) is 0 Å². The van der Waals surface area contributed by atoms with Gasteiger partial charge in [0.05, 0.1) is 11.5 Å². The minimum absolute atomic E-state index is 0.227. The molecule has 1 amide bonds. The first kappa shape index (κ1) is 23.5. The molecule has 164 valence electrons. The molecule has 28 heavy (non-hydrogen) atoms. The Morgan fingerprint density at radius 3 is 2.21 bits per heavy atom. The Labute approximate surface area is 171 Å². The molecule has 1 saturated heterocycles. The Kier molecular flexibility index (Phi) is 9.06. The standard InChI is InChI=1S/C21H40N2O4S/c1-21(2,3)27-20(24)23-15-13-22(14-16-23)12-8-5-9-17-28(25,26)18-19-10-6-4-7-11-19/h19H,4-18H2,1-3H3. The lowest BCUT2D eigenvalue weighted by molar-refractivity contribution is 0.0144. The topological polar surface area (TPSA) is 66.9 Å². The van der Waals surface area contributed by atoms with E-state index in [4.69, 9.17) is 4.74 Å². The fourth-order valence-corrected chi connectivity index (χ4v) is 5.97. The molecule has 0 aromatic rings. The van der Waals surface area contributed by atoms with Crippen molar-refractivity contribution in [2.24, 2.45) is 5.92 Å². The van der Waals surface area contributed by atoms with Gasteiger partial charge in [-0.15, -0.1) is 0 Å². The summed E-state index contributed by atoms with van der Waals surface area (Å²) in [5.74, 6) is 1.15. The van der Waals surface area contributed by atoms with Gasteiger partial charge in [0.25, 0.3) is 0 Å². The summed E-state index contributed by atoms with van der Waals surface area (Å²) in [4.78, 5) is 16.2. The average molecular weight is 417 g/mol. The smallest absolute Gasteiger partial charge is 0.410 e. The van der Waals surface area contributed by atoms with Crippen molar-refractivity contribution < 1.29 is 17.9 Å². The molecule has 0 aromatic heterocycles. The maximum absolute atomic E-state index is 12.3. The molecular weight excluding hydrogens is 376 g/mol. The highest BCUT2D eigenvalue weighted by Crippen LogP contribution is 2.25. The van der Waals surface area contributed by atoms with Crippen LogP contribution in [0.4, 0.5) is 4.79 Å². The first-order chi connectivity index (χ1) is 13.1. The lowest BCUT2D eigenvalue weighted by Crippen LogP contribution is -2.50. The first-order valence-corrected chi connectivity index (χ1v) is 12.9. The van der Waals surface area contributed by atoms with E-state index in [1.165, 1.54) is 19.3 Å². The third kappa shape index (κ3) is 9.12. The molecule has 2 rings (SSSR count). The number of hydrogen-bond acceptors (Lipinski definition) is 5. The molecule has 1 aliphatic carbocycles. The lowest BCUT2D eigenvalue weighted by atomic mass is 9.91. The van der Waals surface area contributed by atoms with E-state index in [2.05, 4.69) is 4.90 Å². The molecular formula is C21H40N2O4S. The summed E-state index contributed by atoms with van der Waals surface area (Å²) < 4.78 is 30.0. The number of hydrogen-bond donors (Lipinski definition) is 0. The number of unbranched alkanes of at least 4 members (excludes halogenated alkanes) is 2. The molecule has 1 saturated carbocycles. The Balaban J connectivity index is 1.55. The van der Waals surface area contributed by atoms with Gasteiger partial charge in [0.1, 0.15) is 5.60 Å². The minimum atomic E-state index is -2.89. The van der Waals surface area contributed by atoms with E-state index in [0.717, 1.165) is 51.7 Å². The Hall–Kier alpha value is -0.820. The van der Waals surface area contributed by atoms with Gasteiger partial charge >= 0.3 is 6.09 Å². The second-order valence-corrected chi connectivity index (χ2v) is 11.7. The van der Waals surface area contributed by atoms with Crippen LogP contribution in [0, 0.1) is 5.92 Å². The molecule has 7 heteroatoms. The van der Waals surface area contributed by atoms with Crippen LogP contribution in [0.3, 0.4) is 0 Å². The third-order valence-corrected chi connectivity index (χ3v) is 7.56. The van der Waals surface area contributed by atoms with E-state index < -0.39 is 15.4 Å². The summed E-state index contributed by atoms with van der Waals surface area (Å²) in [5.41, 5.74) is -0.453. The number of rotatable bonds is 8. The van der Waals surface area contributed by atoms with Gasteiger partial charge in [-0.25, -0.2) is 13.2 Å². The van der Waals surface area contributed by atoms with Crippen molar-refractivity contribution in [1.29, 1.82) is 0 Å². The summed E-state index contributed by atoms with van der Waals surface area (Å²) in [5, 5.41) is 0. The quantitative estimate of drug-likeness (QED) is 0.564. The molecule has 1 heterocycles. The average Bonchev–Trinajstić information content (AvgIpc) is 2.61. The minimum Gasteiger partial charge on any atom is -0.444 e. The van der Waals surface area contributed by atoms with Crippen molar-refractivity contribution >= 4 is 15.9 Å². The predicted molar refractivity (Wildman–Crippen MR) is 113 cm³/mol. The molecule has 2 aliphatic rings. The van der Waals surface area contributed by atoms with Gasteiger partial charge in [-0.1, -0.05) is 25.7 Å². The van der Waals surface area contributed by atoms with Crippen molar-refractivity contribution in [3.05, 3.63) is 0 Å². The normalized spacial score (nSPS) is 20.3. The number of piperazine rings is 1. The SMILES string of the molecule is CC(C)(C)OC(=O)N1CCN(CCCCCS(=O)(=O)CC2CCCCC2)CC1. The van der Waals surface area contributed by atoms with Gasteiger partial charge in [0.15, 0.2) is 9.84 Å². The molecule has 0 atom stereocenters. The molecule has 0 unspecified atom stereocenters. The van der Waals surface area contributed by atoms with Crippen LogP contribution in [-0.2, 0) is 14.6 Å². The van der Waals surface area contributed by atoms with Crippen molar-refractivity contribution in [2.45, 2.75) is 77.7 Å². The van der Waals surface area contributed by atoms with Gasteiger partial charge in [-0.2, -0.15) is 0 Å². The predicted octanol–water partition coefficient (Wildman–Crippen LogP) is 3.70. The van der Waals surface area contributed by atoms with Gasteiger partial charge < -0.3 is 9.64 Å². The second-order valence-electron chi connectivity index (χ2n) is 9.49. The van der Waals surface area contributed by atoms with Crippen LogP contribution in [0.2, 0.25) is 0 Å². The second kappa shape index (κ2) is 10.8. The zero-order valence-electron chi connectivity index (χ0n) is 18.1. The van der Waals surface area contributed by atoms with Gasteiger partial charge in [0.2, 0.25) is 0 Å². The maximum atomic E-state index is 12.3. The monoisotopic (exact) mass is 416 g/mol. The summed E-state index contributed by atoms with van der Waals surface area (Å²) in [7, 11) is -2.89. The summed E-state index contributed by atoms with van der Waals surface area (Å²) >= 11 is 0. The highest BCUT2D eigenvalue weighted by Gasteiger charge is 2.25. The number of nitrogens with zero attached hydrogens (tertiary/aromatic N) is 2. The van der Waals surface area contributed by atoms with Crippen LogP contribution < -0.4 is 0 Å². The Morgan fingerprint density at radius 1 is 0.964 bits per heavy atom. The molecule has 0 bridgehead atoms. The molecule has 1 aliphatic heterocycles. The van der Waals surface area contributed by atoms with E-state index in [-0.39, 0.29) is 6.09 Å². The fraction of sp³-hybridized carbons (Fsp3) is 0.952. The van der Waals surface area contributed by atoms with Crippen molar-refractivity contribution in [1.82, 2.24) is 9.80 Å². The third-order valence-electron chi connectivity index (χ3n) is 5.67. The maximum Gasteiger partial charge on any atom is 0.410 e. The zero-order valence-corrected chi connectivity index (χ0v) is 18.9. The van der Waals surface area contributed by atoms with E-state index in [1.54, 1.807) is 4.90 Å². The van der Waals surface area contributed by atoms with E-state index in [9.17, 15) is 13.2 Å². The number of sulfone groups is 1. The van der Waals surface area contributed by atoms with Crippen LogP contribution in [0.15, 0.2) is 0 Å². The summed E-state index contributed by atoms with van der Waals surface area (Å²) in [6.07, 6.45) is 8.36. The summed E-state index contributed by atoms with van der Waals surface area (Å²) in [6, 6.07) is 0. The van der Waals surface area contributed by atoms with Gasteiger partial charge in [-0.3, -0.25) is 4.90 Å². The van der Waals surface area contributed by atoms with Gasteiger partial charge in [-0.05, 0) is 58.9 Å². The zero-order chi connectivity index (χ0) is 20.6. The van der Waals surface area contributed by atoms with Crippen LogP contribution in [0.1, 0.15) is 72.1 Å². The van der Waals surface area contributed by atoms with E-state index in [0.29, 0.717) is 30.5 Å². The number of carbonyl (C=O) groups is 1. The molecule has 2 fully saturated rings. The Bertz CT molecular complexity index is 572. The summed E-state index contributed by atoms with van der Waals surface area (Å²) in [6.45, 7) is 9.75. The largest absolute Gasteiger partial charge is 0.444 e. The molecule has 0 spiro atoms. The van der Waals surface area contributed by atoms with Crippen LogP contribution in [0.5, 0.6) is 0 Å². The van der Waals surface area contributed by atoms with Crippen LogP contribution >= 0.6 is 0 Å². The van der Waals surface area contributed by atoms with Crippen molar-refractivity contribution in [2.75, 3.05) is 44.2 Å². The molecule has 6 nitrogen and oxygen atoms in total. The first-order valence-electron chi connectivity index (χ1n) is 11.1. The Morgan fingerprint density at radius 2 is 1.61 bits per heavy atom. The molecule has 0 N–H and O–H groups in total. The highest BCUT2D eigenvalue weighted by molar-refractivity contribution is 7.91. The number of carbonyl (C=O) groups excluding carboxylic acids is 1. The van der Waals surface area contributed by atoms with E-state index >= 15 is 0 Å². The van der Waals surface area contributed by atoms with Crippen LogP contribution in [0.25, 0.3) is 0 Å². The number of ether oxygens (including phenoxy) is 1. The highest BCUT2D eigenvalue weighted by atomic mass is 32.2. The molecule has 0 aromatic carbocycles. The van der Waals surface area contributed by atoms with E-state index in [1.807, 2.05) is 20.8 Å². The number of amides is 1. The molecule has 0 radical (unpaired) electrons. The van der Waals surface area contributed by atoms with Crippen molar-refractivity contribution in [3.8, 4) is 0 Å². The van der Waals surface area contributed by atoms with Gasteiger partial charge in [0, 0.05) is 26.2 Å². The van der Waals surface area contributed by atoms with Crippen LogP contribution in [-0.4, -0.2) is 74.1 Å². The lowest BCUT2D eigenvalue weighted by Gasteiger charge is -2.35.